The van der Waals surface area contributed by atoms with Gasteiger partial charge >= 0.3 is 0 Å². The molecule has 0 spiro atoms. The Kier molecular flexibility index (Phi) is 6.38. The molecule has 8 aromatic carbocycles. The van der Waals surface area contributed by atoms with Crippen molar-refractivity contribution in [2.24, 2.45) is 0 Å². The van der Waals surface area contributed by atoms with Crippen LogP contribution in [-0.2, 0) is 5.41 Å². The smallest absolute Gasteiger partial charge is 0.137 e. The molecule has 0 bridgehead atoms. The van der Waals surface area contributed by atoms with Crippen LogP contribution in [0, 0.1) is 0 Å². The molecule has 3 nitrogen and oxygen atoms in total. The first-order valence-corrected chi connectivity index (χ1v) is 18.2. The van der Waals surface area contributed by atoms with E-state index in [0.29, 0.717) is 0 Å². The molecule has 0 atom stereocenters. The zero-order chi connectivity index (χ0) is 35.1. The fourth-order valence-electron chi connectivity index (χ4n) is 8.85. The van der Waals surface area contributed by atoms with Gasteiger partial charge in [-0.2, -0.15) is 0 Å². The number of hydrogen-bond acceptors (Lipinski definition) is 3. The van der Waals surface area contributed by atoms with Crippen molar-refractivity contribution in [1.82, 2.24) is 0 Å². The molecule has 0 saturated heterocycles. The first-order chi connectivity index (χ1) is 26.1. The van der Waals surface area contributed by atoms with Crippen LogP contribution < -0.4 is 4.90 Å². The Bertz CT molecular complexity index is 2980. The maximum absolute atomic E-state index is 6.64. The lowest BCUT2D eigenvalue weighted by Gasteiger charge is -2.29. The summed E-state index contributed by atoms with van der Waals surface area (Å²) in [6.45, 7) is 2.37. The summed E-state index contributed by atoms with van der Waals surface area (Å²) in [6, 6.07) is 65.0. The third-order valence-electron chi connectivity index (χ3n) is 11.4. The van der Waals surface area contributed by atoms with Crippen molar-refractivity contribution in [3.63, 3.8) is 0 Å². The second-order valence-corrected chi connectivity index (χ2v) is 14.2. The highest BCUT2D eigenvalue weighted by molar-refractivity contribution is 6.10. The van der Waals surface area contributed by atoms with Gasteiger partial charge in [0.1, 0.15) is 22.3 Å². The predicted octanol–water partition coefficient (Wildman–Crippen LogP) is 14.0. The van der Waals surface area contributed by atoms with Crippen LogP contribution in [0.4, 0.5) is 17.1 Å². The Morgan fingerprint density at radius 2 is 0.925 bits per heavy atom. The lowest BCUT2D eigenvalue weighted by Crippen LogP contribution is -2.22. The molecular formula is C50H33NO2. The fraction of sp³-hybridized carbons (Fsp3) is 0.0400. The Labute approximate surface area is 307 Å². The highest BCUT2D eigenvalue weighted by Crippen LogP contribution is 2.54. The van der Waals surface area contributed by atoms with Gasteiger partial charge in [-0.25, -0.2) is 0 Å². The number of hydrogen-bond donors (Lipinski definition) is 0. The summed E-state index contributed by atoms with van der Waals surface area (Å²) in [7, 11) is 0. The molecule has 10 aromatic rings. The van der Waals surface area contributed by atoms with E-state index in [2.05, 4.69) is 182 Å². The maximum Gasteiger partial charge on any atom is 0.137 e. The highest BCUT2D eigenvalue weighted by Gasteiger charge is 2.42. The summed E-state index contributed by atoms with van der Waals surface area (Å²) < 4.78 is 13.0. The molecule has 0 amide bonds. The number of fused-ring (bicyclic) bond motifs is 9. The summed E-state index contributed by atoms with van der Waals surface area (Å²) in [5.41, 5.74) is 15.1. The van der Waals surface area contributed by atoms with Gasteiger partial charge in [0, 0.05) is 50.1 Å². The van der Waals surface area contributed by atoms with Crippen molar-refractivity contribution >= 4 is 60.9 Å². The second-order valence-electron chi connectivity index (χ2n) is 14.2. The predicted molar refractivity (Wildman–Crippen MR) is 219 cm³/mol. The van der Waals surface area contributed by atoms with Gasteiger partial charge in [0.05, 0.1) is 0 Å². The Balaban J connectivity index is 1.13. The van der Waals surface area contributed by atoms with Crippen molar-refractivity contribution < 1.29 is 8.83 Å². The Hall–Kier alpha value is -6.84. The molecule has 0 fully saturated rings. The van der Waals surface area contributed by atoms with Gasteiger partial charge in [-0.1, -0.05) is 121 Å². The van der Waals surface area contributed by atoms with Crippen LogP contribution in [-0.4, -0.2) is 0 Å². The summed E-state index contributed by atoms with van der Waals surface area (Å²) >= 11 is 0. The van der Waals surface area contributed by atoms with E-state index in [4.69, 9.17) is 8.83 Å². The van der Waals surface area contributed by atoms with Crippen LogP contribution in [0.15, 0.2) is 191 Å². The number of nitrogens with zero attached hydrogens (tertiary/aromatic N) is 1. The quantitative estimate of drug-likeness (QED) is 0.181. The van der Waals surface area contributed by atoms with Crippen LogP contribution in [0.3, 0.4) is 0 Å². The number of rotatable bonds is 5. The minimum absolute atomic E-state index is 0.362. The van der Waals surface area contributed by atoms with Crippen molar-refractivity contribution in [2.45, 2.75) is 12.3 Å². The molecule has 0 saturated carbocycles. The maximum atomic E-state index is 6.64. The number of para-hydroxylation sites is 1. The Morgan fingerprint density at radius 1 is 0.377 bits per heavy atom. The molecule has 250 valence electrons. The van der Waals surface area contributed by atoms with Gasteiger partial charge in [-0.05, 0) is 100 Å². The first-order valence-electron chi connectivity index (χ1n) is 18.2. The van der Waals surface area contributed by atoms with Crippen molar-refractivity contribution in [3.05, 3.63) is 199 Å². The summed E-state index contributed by atoms with van der Waals surface area (Å²) in [4.78, 5) is 2.32. The molecular weight excluding hydrogens is 647 g/mol. The van der Waals surface area contributed by atoms with Gasteiger partial charge in [0.2, 0.25) is 0 Å². The molecule has 0 unspecified atom stereocenters. The molecule has 3 heteroatoms. The van der Waals surface area contributed by atoms with E-state index >= 15 is 0 Å². The number of anilines is 3. The van der Waals surface area contributed by atoms with Crippen molar-refractivity contribution in [2.75, 3.05) is 4.90 Å². The van der Waals surface area contributed by atoms with E-state index in [0.717, 1.165) is 60.9 Å². The van der Waals surface area contributed by atoms with Gasteiger partial charge in [-0.3, -0.25) is 0 Å². The minimum Gasteiger partial charge on any atom is -0.456 e. The second kappa shape index (κ2) is 11.3. The SMILES string of the molecule is CC1(c2cccc3oc4ccc(N(c5ccc(-c6ccccc6)cc5)c5ccc6c(c5)oc5ccccc56)cc4c23)c2ccccc2-c2ccccc21. The molecule has 2 aromatic heterocycles. The highest BCUT2D eigenvalue weighted by atomic mass is 16.3. The molecule has 2 heterocycles. The van der Waals surface area contributed by atoms with Crippen LogP contribution in [0.5, 0.6) is 0 Å². The van der Waals surface area contributed by atoms with Gasteiger partial charge in [-0.15, -0.1) is 0 Å². The normalized spacial score (nSPS) is 13.2. The lowest BCUT2D eigenvalue weighted by atomic mass is 9.73. The standard InChI is InChI=1S/C50H33NO2/c1-50(42-17-8-5-14-37(42)38-15-6-9-18-43(38)50)44-19-11-21-47-49(44)41-30-35(27-29-46(41)52-47)51(34-24-22-33(23-25-34)32-12-3-2-4-13-32)36-26-28-40-39-16-7-10-20-45(39)53-48(40)31-36/h2-31H,1H3. The number of furan rings is 2. The van der Waals surface area contributed by atoms with E-state index in [9.17, 15) is 0 Å². The van der Waals surface area contributed by atoms with Crippen molar-refractivity contribution in [1.29, 1.82) is 0 Å². The summed E-state index contributed by atoms with van der Waals surface area (Å²) in [5.74, 6) is 0. The average Bonchev–Trinajstić information content (AvgIpc) is 3.87. The topological polar surface area (TPSA) is 29.5 Å². The number of benzene rings is 8. The molecule has 0 radical (unpaired) electrons. The van der Waals surface area contributed by atoms with E-state index in [1.807, 2.05) is 12.1 Å². The van der Waals surface area contributed by atoms with Crippen molar-refractivity contribution in [3.8, 4) is 22.3 Å². The average molecular weight is 680 g/mol. The largest absolute Gasteiger partial charge is 0.456 e. The molecule has 0 N–H and O–H groups in total. The molecule has 0 aliphatic heterocycles. The fourth-order valence-corrected chi connectivity index (χ4v) is 8.85. The van der Waals surface area contributed by atoms with Crippen LogP contribution in [0.25, 0.3) is 66.1 Å². The van der Waals surface area contributed by atoms with Crippen LogP contribution >= 0.6 is 0 Å². The third kappa shape index (κ3) is 4.41. The van der Waals surface area contributed by atoms with Gasteiger partial charge in [0.15, 0.2) is 0 Å². The van der Waals surface area contributed by atoms with Gasteiger partial charge < -0.3 is 13.7 Å². The van der Waals surface area contributed by atoms with Gasteiger partial charge in [0.25, 0.3) is 0 Å². The monoisotopic (exact) mass is 679 g/mol. The van der Waals surface area contributed by atoms with E-state index in [-0.39, 0.29) is 5.41 Å². The molecule has 1 aliphatic rings. The van der Waals surface area contributed by atoms with E-state index in [1.165, 1.54) is 38.9 Å². The Morgan fingerprint density at radius 3 is 1.72 bits per heavy atom. The van der Waals surface area contributed by atoms with Crippen LogP contribution in [0.1, 0.15) is 23.6 Å². The minimum atomic E-state index is -0.362. The van der Waals surface area contributed by atoms with Crippen LogP contribution in [0.2, 0.25) is 0 Å². The van der Waals surface area contributed by atoms with E-state index < -0.39 is 0 Å². The zero-order valence-electron chi connectivity index (χ0n) is 29.1. The third-order valence-corrected chi connectivity index (χ3v) is 11.4. The molecule has 53 heavy (non-hydrogen) atoms. The summed E-state index contributed by atoms with van der Waals surface area (Å²) in [5, 5.41) is 4.46. The first kappa shape index (κ1) is 29.8. The molecule has 1 aliphatic carbocycles. The molecule has 11 rings (SSSR count). The van der Waals surface area contributed by atoms with E-state index in [1.54, 1.807) is 0 Å². The zero-order valence-corrected chi connectivity index (χ0v) is 29.1. The lowest BCUT2D eigenvalue weighted by molar-refractivity contribution is 0.666. The summed E-state index contributed by atoms with van der Waals surface area (Å²) in [6.07, 6.45) is 0.